The Bertz CT molecular complexity index is 314. The zero-order valence-corrected chi connectivity index (χ0v) is 11.8. The van der Waals surface area contributed by atoms with Crippen LogP contribution in [0.25, 0.3) is 0 Å². The molecule has 0 bridgehead atoms. The quantitative estimate of drug-likeness (QED) is 0.709. The van der Waals surface area contributed by atoms with E-state index in [0.717, 1.165) is 25.9 Å². The van der Waals surface area contributed by atoms with Gasteiger partial charge < -0.3 is 20.6 Å². The second kappa shape index (κ2) is 7.45. The predicted molar refractivity (Wildman–Crippen MR) is 72.7 cm³/mol. The summed E-state index contributed by atoms with van der Waals surface area (Å²) in [5, 5.41) is 8.58. The van der Waals surface area contributed by atoms with E-state index < -0.39 is 12.0 Å². The molecule has 0 spiro atoms. The van der Waals surface area contributed by atoms with E-state index in [1.54, 1.807) is 11.9 Å². The summed E-state index contributed by atoms with van der Waals surface area (Å²) < 4.78 is 0. The Balaban J connectivity index is 2.33. The number of hydrogen-bond donors (Lipinski definition) is 2. The van der Waals surface area contributed by atoms with Gasteiger partial charge in [-0.05, 0) is 45.3 Å². The van der Waals surface area contributed by atoms with E-state index in [1.165, 1.54) is 0 Å². The summed E-state index contributed by atoms with van der Waals surface area (Å²) >= 11 is 0. The Morgan fingerprint density at radius 2 is 2.00 bits per heavy atom. The van der Waals surface area contributed by atoms with Gasteiger partial charge in [-0.2, -0.15) is 0 Å². The Kier molecular flexibility index (Phi) is 6.24. The Labute approximate surface area is 114 Å². The van der Waals surface area contributed by atoms with Gasteiger partial charge in [0.2, 0.25) is 5.91 Å². The first-order valence-corrected chi connectivity index (χ1v) is 6.81. The molecule has 1 heterocycles. The molecule has 6 nitrogen and oxygen atoms in total. The van der Waals surface area contributed by atoms with E-state index >= 15 is 0 Å². The maximum absolute atomic E-state index is 12.0. The van der Waals surface area contributed by atoms with Crippen LogP contribution in [-0.4, -0.2) is 66.6 Å². The summed E-state index contributed by atoms with van der Waals surface area (Å²) in [4.78, 5) is 26.4. The Morgan fingerprint density at radius 1 is 1.42 bits per heavy atom. The Hall–Kier alpha value is -1.14. The smallest absolute Gasteiger partial charge is 0.303 e. The number of carboxylic acids is 1. The standard InChI is InChI=1S/C13H25N3O3/c1-15-7-5-10(6-8-15)9-16(2)13(19)11(14)3-4-12(17)18/h10-11H,3-9,14H2,1-2H3,(H,17,18). The van der Waals surface area contributed by atoms with Crippen molar-refractivity contribution in [1.29, 1.82) is 0 Å². The molecule has 19 heavy (non-hydrogen) atoms. The predicted octanol–water partition coefficient (Wildman–Crippen LogP) is -0.0213. The van der Waals surface area contributed by atoms with Gasteiger partial charge >= 0.3 is 5.97 Å². The lowest BCUT2D eigenvalue weighted by atomic mass is 9.96. The lowest BCUT2D eigenvalue weighted by molar-refractivity contribution is -0.137. The van der Waals surface area contributed by atoms with Gasteiger partial charge in [0.25, 0.3) is 0 Å². The number of piperidine rings is 1. The highest BCUT2D eigenvalue weighted by Gasteiger charge is 2.23. The molecule has 1 fully saturated rings. The molecule has 0 aromatic heterocycles. The van der Waals surface area contributed by atoms with Gasteiger partial charge in [0.15, 0.2) is 0 Å². The van der Waals surface area contributed by atoms with Gasteiger partial charge in [0.1, 0.15) is 0 Å². The number of nitrogens with zero attached hydrogens (tertiary/aromatic N) is 2. The number of carboxylic acid groups (broad SMARTS) is 1. The number of rotatable bonds is 6. The first-order valence-electron chi connectivity index (χ1n) is 6.81. The highest BCUT2D eigenvalue weighted by Crippen LogP contribution is 2.17. The van der Waals surface area contributed by atoms with Crippen molar-refractivity contribution in [2.24, 2.45) is 11.7 Å². The molecule has 0 aliphatic carbocycles. The van der Waals surface area contributed by atoms with Crippen molar-refractivity contribution in [3.8, 4) is 0 Å². The van der Waals surface area contributed by atoms with E-state index in [9.17, 15) is 9.59 Å². The van der Waals surface area contributed by atoms with Crippen LogP contribution in [0, 0.1) is 5.92 Å². The second-order valence-corrected chi connectivity index (χ2v) is 5.50. The summed E-state index contributed by atoms with van der Waals surface area (Å²) in [5.41, 5.74) is 5.73. The van der Waals surface area contributed by atoms with E-state index in [-0.39, 0.29) is 18.7 Å². The number of likely N-dealkylation sites (tertiary alicyclic amines) is 1. The third-order valence-electron chi connectivity index (χ3n) is 3.73. The molecule has 0 aromatic rings. The van der Waals surface area contributed by atoms with Gasteiger partial charge in [0.05, 0.1) is 6.04 Å². The zero-order valence-electron chi connectivity index (χ0n) is 11.8. The number of nitrogens with two attached hydrogens (primary N) is 1. The van der Waals surface area contributed by atoms with E-state index in [2.05, 4.69) is 11.9 Å². The normalized spacial score (nSPS) is 19.1. The van der Waals surface area contributed by atoms with Gasteiger partial charge in [-0.1, -0.05) is 0 Å². The molecule has 0 saturated carbocycles. The minimum Gasteiger partial charge on any atom is -0.481 e. The van der Waals surface area contributed by atoms with Crippen LogP contribution in [-0.2, 0) is 9.59 Å². The van der Waals surface area contributed by atoms with Crippen molar-refractivity contribution in [3.05, 3.63) is 0 Å². The topological polar surface area (TPSA) is 86.9 Å². The molecule has 3 N–H and O–H groups in total. The molecule has 1 rings (SSSR count). The summed E-state index contributed by atoms with van der Waals surface area (Å²) in [6, 6.07) is -0.702. The van der Waals surface area contributed by atoms with E-state index in [4.69, 9.17) is 10.8 Å². The van der Waals surface area contributed by atoms with Crippen molar-refractivity contribution in [2.45, 2.75) is 31.7 Å². The molecule has 0 radical (unpaired) electrons. The fourth-order valence-corrected chi connectivity index (χ4v) is 2.41. The molecule has 110 valence electrons. The molecule has 1 aliphatic heterocycles. The van der Waals surface area contributed by atoms with Crippen molar-refractivity contribution < 1.29 is 14.7 Å². The lowest BCUT2D eigenvalue weighted by Crippen LogP contribution is -2.45. The van der Waals surface area contributed by atoms with Crippen molar-refractivity contribution >= 4 is 11.9 Å². The maximum atomic E-state index is 12.0. The zero-order chi connectivity index (χ0) is 14.4. The first kappa shape index (κ1) is 15.9. The van der Waals surface area contributed by atoms with Gasteiger partial charge in [-0.15, -0.1) is 0 Å². The van der Waals surface area contributed by atoms with Crippen LogP contribution in [0.5, 0.6) is 0 Å². The summed E-state index contributed by atoms with van der Waals surface area (Å²) in [6.45, 7) is 2.85. The van der Waals surface area contributed by atoms with Crippen molar-refractivity contribution in [3.63, 3.8) is 0 Å². The Morgan fingerprint density at radius 3 is 2.53 bits per heavy atom. The van der Waals surface area contributed by atoms with Gasteiger partial charge in [-0.25, -0.2) is 0 Å². The maximum Gasteiger partial charge on any atom is 0.303 e. The van der Waals surface area contributed by atoms with Crippen LogP contribution >= 0.6 is 0 Å². The molecule has 6 heteroatoms. The molecule has 1 aliphatic rings. The number of hydrogen-bond acceptors (Lipinski definition) is 4. The molecule has 1 unspecified atom stereocenters. The van der Waals surface area contributed by atoms with Crippen LogP contribution in [0.2, 0.25) is 0 Å². The van der Waals surface area contributed by atoms with Crippen LogP contribution < -0.4 is 5.73 Å². The number of likely N-dealkylation sites (N-methyl/N-ethyl adjacent to an activating group) is 1. The van der Waals surface area contributed by atoms with Gasteiger partial charge in [0, 0.05) is 20.0 Å². The minimum atomic E-state index is -0.916. The monoisotopic (exact) mass is 271 g/mol. The molecule has 0 aromatic carbocycles. The van der Waals surface area contributed by atoms with Crippen molar-refractivity contribution in [2.75, 3.05) is 33.7 Å². The first-order chi connectivity index (χ1) is 8.90. The average Bonchev–Trinajstić information content (AvgIpc) is 2.37. The third-order valence-corrected chi connectivity index (χ3v) is 3.73. The number of carbonyl (C=O) groups is 2. The second-order valence-electron chi connectivity index (χ2n) is 5.50. The summed E-state index contributed by atoms with van der Waals surface area (Å²) in [6.07, 6.45) is 2.33. The molecule has 1 atom stereocenters. The lowest BCUT2D eigenvalue weighted by Gasteiger charge is -2.32. The highest BCUT2D eigenvalue weighted by molar-refractivity contribution is 5.82. The molecular formula is C13H25N3O3. The summed E-state index contributed by atoms with van der Waals surface area (Å²) in [5.74, 6) is -0.543. The number of carbonyl (C=O) groups excluding carboxylic acids is 1. The fraction of sp³-hybridized carbons (Fsp3) is 0.846. The van der Waals surface area contributed by atoms with Crippen LogP contribution in [0.4, 0.5) is 0 Å². The number of aliphatic carboxylic acids is 1. The third kappa shape index (κ3) is 5.57. The van der Waals surface area contributed by atoms with Crippen LogP contribution in [0.1, 0.15) is 25.7 Å². The van der Waals surface area contributed by atoms with E-state index in [1.807, 2.05) is 0 Å². The SMILES string of the molecule is CN1CCC(CN(C)C(=O)C(N)CCC(=O)O)CC1. The number of amides is 1. The van der Waals surface area contributed by atoms with Gasteiger partial charge in [-0.3, -0.25) is 9.59 Å². The highest BCUT2D eigenvalue weighted by atomic mass is 16.4. The largest absolute Gasteiger partial charge is 0.481 e. The molecule has 1 saturated heterocycles. The van der Waals surface area contributed by atoms with Crippen LogP contribution in [0.15, 0.2) is 0 Å². The van der Waals surface area contributed by atoms with Crippen molar-refractivity contribution in [1.82, 2.24) is 9.80 Å². The fourth-order valence-electron chi connectivity index (χ4n) is 2.41. The van der Waals surface area contributed by atoms with E-state index in [0.29, 0.717) is 12.5 Å². The minimum absolute atomic E-state index is 0.0605. The molecule has 1 amide bonds. The average molecular weight is 271 g/mol. The molecular weight excluding hydrogens is 246 g/mol. The summed E-state index contributed by atoms with van der Waals surface area (Å²) in [7, 11) is 3.86. The van der Waals surface area contributed by atoms with Crippen LogP contribution in [0.3, 0.4) is 0 Å².